The number of amides is 4. The lowest BCUT2D eigenvalue weighted by Gasteiger charge is -2.31. The predicted octanol–water partition coefficient (Wildman–Crippen LogP) is 8.41. The van der Waals surface area contributed by atoms with Gasteiger partial charge in [0.25, 0.3) is 0 Å². The number of aromatic nitrogens is 4. The van der Waals surface area contributed by atoms with E-state index < -0.39 is 24.3 Å². The smallest absolute Gasteiger partial charge is 0.407 e. The molecule has 2 aliphatic heterocycles. The van der Waals surface area contributed by atoms with Crippen molar-refractivity contribution in [2.75, 3.05) is 27.3 Å². The van der Waals surface area contributed by atoms with Gasteiger partial charge in [-0.15, -0.1) is 0 Å². The van der Waals surface area contributed by atoms with E-state index in [-0.39, 0.29) is 35.7 Å². The Morgan fingerprint density at radius 2 is 1.50 bits per heavy atom. The number of nitrogens with one attached hydrogen (secondary N) is 4. The van der Waals surface area contributed by atoms with E-state index in [0.717, 1.165) is 70.9 Å². The Kier molecular flexibility index (Phi) is 12.5. The van der Waals surface area contributed by atoms with Crippen LogP contribution < -0.4 is 10.6 Å². The number of methoxy groups -OCH3 is 2. The van der Waals surface area contributed by atoms with Gasteiger partial charge in [0.15, 0.2) is 0 Å². The Morgan fingerprint density at radius 1 is 0.855 bits per heavy atom. The van der Waals surface area contributed by atoms with Crippen molar-refractivity contribution in [3.8, 4) is 11.1 Å². The standard InChI is InChI=1S/C47H58N8O6S/c1-8-11-38(34-24-48-42(51-34)35-12-9-20-54(35)44(56)40(25(2)3)52-46(58)60-6)62-37-19-17-30(39-29-16-14-27(29)22-31(37)39)28-15-18-32-33(23-28)50-43(49-32)36-13-10-21-55(36)45(57)41(26(4)5)53-47(59)61-7/h8,11,15,17-19,23-27,29,35-36,40-41H,1,9-10,12-14,16,20-22H2,2-7H3,(H,48,51)(H,49,50)(H,52,58)(H,53,59)/b38-11-/t27?,29?,35-,36-,40-,41-/m0/s1. The van der Waals surface area contributed by atoms with Gasteiger partial charge < -0.3 is 39.9 Å². The van der Waals surface area contributed by atoms with E-state index in [1.807, 2.05) is 49.8 Å². The van der Waals surface area contributed by atoms with Crippen LogP contribution in [0.5, 0.6) is 0 Å². The van der Waals surface area contributed by atoms with Gasteiger partial charge in [0.2, 0.25) is 11.8 Å². The van der Waals surface area contributed by atoms with Crippen LogP contribution in [0.2, 0.25) is 0 Å². The number of aromatic amines is 2. The Bertz CT molecular complexity index is 2400. The van der Waals surface area contributed by atoms with E-state index >= 15 is 0 Å². The van der Waals surface area contributed by atoms with Gasteiger partial charge in [0.1, 0.15) is 23.7 Å². The molecule has 4 amide bonds. The number of rotatable bonds is 13. The summed E-state index contributed by atoms with van der Waals surface area (Å²) in [7, 11) is 2.60. The molecule has 4 aliphatic rings. The first-order valence-electron chi connectivity index (χ1n) is 21.9. The Morgan fingerprint density at radius 3 is 2.08 bits per heavy atom. The number of alkyl carbamates (subject to hydrolysis) is 2. The Hall–Kier alpha value is -5.57. The molecule has 6 atom stereocenters. The molecule has 1 saturated carbocycles. The zero-order chi connectivity index (χ0) is 43.8. The SMILES string of the molecule is C=C/C=C(\Sc1ccc(-c2ccc3nc([C@@H]4CCCN4C(=O)[C@@H](NC(=O)OC)C(C)C)[nH]c3c2)c2c1CC1CCC21)c1cnc([C@@H]2CCCN2C(=O)[C@@H](NC(=O)OC)C(C)C)[nH]1. The highest BCUT2D eigenvalue weighted by Crippen LogP contribution is 2.57. The fourth-order valence-corrected chi connectivity index (χ4v) is 10.9. The molecule has 0 radical (unpaired) electrons. The predicted molar refractivity (Wildman–Crippen MR) is 239 cm³/mol. The van der Waals surface area contributed by atoms with Crippen LogP contribution in [-0.2, 0) is 25.5 Å². The minimum absolute atomic E-state index is 0.111. The molecule has 2 aromatic heterocycles. The number of carbonyl (C=O) groups is 4. The van der Waals surface area contributed by atoms with E-state index in [4.69, 9.17) is 19.4 Å². The molecule has 328 valence electrons. The van der Waals surface area contributed by atoms with Crippen molar-refractivity contribution in [1.82, 2.24) is 40.4 Å². The summed E-state index contributed by atoms with van der Waals surface area (Å²) >= 11 is 1.72. The number of hydrogen-bond donors (Lipinski definition) is 4. The number of hydrogen-bond acceptors (Lipinski definition) is 9. The van der Waals surface area contributed by atoms with Gasteiger partial charge >= 0.3 is 12.2 Å². The summed E-state index contributed by atoms with van der Waals surface area (Å²) in [5, 5.41) is 5.46. The second-order valence-electron chi connectivity index (χ2n) is 17.7. The summed E-state index contributed by atoms with van der Waals surface area (Å²) in [5.41, 5.74) is 7.83. The average Bonchev–Trinajstić information content (AvgIpc) is 4.10. The lowest BCUT2D eigenvalue weighted by atomic mass is 9.73. The molecule has 2 saturated heterocycles. The molecule has 4 heterocycles. The van der Waals surface area contributed by atoms with Crippen LogP contribution in [0, 0.1) is 17.8 Å². The van der Waals surface area contributed by atoms with E-state index in [1.165, 1.54) is 48.6 Å². The lowest BCUT2D eigenvalue weighted by Crippen LogP contribution is -2.51. The topological polar surface area (TPSA) is 175 Å². The first-order valence-corrected chi connectivity index (χ1v) is 22.7. The zero-order valence-corrected chi connectivity index (χ0v) is 37.3. The van der Waals surface area contributed by atoms with Crippen LogP contribution in [0.15, 0.2) is 60.2 Å². The van der Waals surface area contributed by atoms with Crippen LogP contribution in [0.1, 0.15) is 113 Å². The number of likely N-dealkylation sites (tertiary alicyclic amines) is 2. The number of nitrogens with zero attached hydrogens (tertiary/aromatic N) is 4. The van der Waals surface area contributed by atoms with Crippen molar-refractivity contribution >= 4 is 51.7 Å². The molecule has 15 heteroatoms. The van der Waals surface area contributed by atoms with Crippen molar-refractivity contribution in [2.45, 2.75) is 108 Å². The number of fused-ring (bicyclic) bond motifs is 4. The fourth-order valence-electron chi connectivity index (χ4n) is 9.86. The molecule has 62 heavy (non-hydrogen) atoms. The summed E-state index contributed by atoms with van der Waals surface area (Å²) in [6, 6.07) is 9.08. The minimum Gasteiger partial charge on any atom is -0.453 e. The van der Waals surface area contributed by atoms with Gasteiger partial charge in [-0.1, -0.05) is 64.2 Å². The van der Waals surface area contributed by atoms with Crippen LogP contribution in [0.25, 0.3) is 27.1 Å². The third-order valence-corrected chi connectivity index (χ3v) is 14.4. The number of benzene rings is 2. The summed E-state index contributed by atoms with van der Waals surface area (Å²) in [4.78, 5) is 74.6. The maximum atomic E-state index is 13.8. The van der Waals surface area contributed by atoms with Crippen LogP contribution in [-0.4, -0.2) is 93.1 Å². The maximum absolute atomic E-state index is 13.8. The van der Waals surface area contributed by atoms with E-state index in [1.54, 1.807) is 17.8 Å². The number of allylic oxidation sites excluding steroid dienone is 2. The number of thioether (sulfide) groups is 1. The molecule has 0 spiro atoms. The van der Waals surface area contributed by atoms with Crippen LogP contribution >= 0.6 is 11.8 Å². The zero-order valence-electron chi connectivity index (χ0n) is 36.5. The van der Waals surface area contributed by atoms with Crippen molar-refractivity contribution in [2.24, 2.45) is 17.8 Å². The van der Waals surface area contributed by atoms with Crippen molar-refractivity contribution < 1.29 is 28.7 Å². The summed E-state index contributed by atoms with van der Waals surface area (Å²) < 4.78 is 9.62. The summed E-state index contributed by atoms with van der Waals surface area (Å²) in [6.45, 7) is 12.9. The highest BCUT2D eigenvalue weighted by molar-refractivity contribution is 8.08. The van der Waals surface area contributed by atoms with E-state index in [9.17, 15) is 19.2 Å². The normalized spacial score (nSPS) is 21.7. The van der Waals surface area contributed by atoms with E-state index in [2.05, 4.69) is 57.5 Å². The minimum atomic E-state index is -0.703. The fraction of sp³-hybridized carbons (Fsp3) is 0.489. The third-order valence-electron chi connectivity index (χ3n) is 13.2. The number of ether oxygens (including phenoxy) is 2. The van der Waals surface area contributed by atoms with Crippen molar-refractivity contribution in [1.29, 1.82) is 0 Å². The molecule has 14 nitrogen and oxygen atoms in total. The molecule has 2 unspecified atom stereocenters. The second-order valence-corrected chi connectivity index (χ2v) is 18.7. The molecule has 2 aliphatic carbocycles. The Balaban J connectivity index is 1.04. The molecule has 8 rings (SSSR count). The monoisotopic (exact) mass is 862 g/mol. The van der Waals surface area contributed by atoms with Crippen LogP contribution in [0.4, 0.5) is 9.59 Å². The molecule has 2 aromatic carbocycles. The quantitative estimate of drug-likeness (QED) is 0.0760. The first kappa shape index (κ1) is 43.1. The molecule has 0 bridgehead atoms. The van der Waals surface area contributed by atoms with Gasteiger partial charge in [-0.05, 0) is 115 Å². The summed E-state index contributed by atoms with van der Waals surface area (Å²) in [5.74, 6) is 2.12. The largest absolute Gasteiger partial charge is 0.453 e. The lowest BCUT2D eigenvalue weighted by molar-refractivity contribution is -0.136. The highest BCUT2D eigenvalue weighted by Gasteiger charge is 2.43. The van der Waals surface area contributed by atoms with Gasteiger partial charge in [0.05, 0.1) is 49.2 Å². The first-order chi connectivity index (χ1) is 29.9. The van der Waals surface area contributed by atoms with Crippen molar-refractivity contribution in [3.63, 3.8) is 0 Å². The van der Waals surface area contributed by atoms with Crippen molar-refractivity contribution in [3.05, 3.63) is 83.7 Å². The van der Waals surface area contributed by atoms with Gasteiger partial charge in [-0.25, -0.2) is 19.6 Å². The van der Waals surface area contributed by atoms with Gasteiger partial charge in [-0.3, -0.25) is 9.59 Å². The number of carbonyl (C=O) groups excluding carboxylic acids is 4. The van der Waals surface area contributed by atoms with E-state index in [0.29, 0.717) is 24.9 Å². The second kappa shape index (κ2) is 18.0. The molecular formula is C47H58N8O6S. The van der Waals surface area contributed by atoms with Gasteiger partial charge in [-0.2, -0.15) is 0 Å². The summed E-state index contributed by atoms with van der Waals surface area (Å²) in [6.07, 6.45) is 11.1. The molecular weight excluding hydrogens is 805 g/mol. The number of imidazole rings is 2. The Labute approximate surface area is 367 Å². The molecule has 4 aromatic rings. The van der Waals surface area contributed by atoms with Crippen LogP contribution in [0.3, 0.4) is 0 Å². The maximum Gasteiger partial charge on any atom is 0.407 e. The average molecular weight is 863 g/mol. The number of H-pyrrole nitrogens is 2. The third kappa shape index (κ3) is 8.23. The molecule has 3 fully saturated rings. The molecule has 4 N–H and O–H groups in total. The highest BCUT2D eigenvalue weighted by atomic mass is 32.2. The van der Waals surface area contributed by atoms with Gasteiger partial charge in [0, 0.05) is 22.9 Å².